The standard InChI is InChI=1S/C23H23ClN6O/c1-27-15-19(13-25-27)18-4-7-21-22(14-26-30(21)16-18)28-8-10-29(11-9-28)23(31)12-17-2-5-20(24)6-3-17/h2-7,13-16H,8-12H2,1H3. The van der Waals surface area contributed by atoms with Crippen LogP contribution in [0, 0.1) is 0 Å². The minimum absolute atomic E-state index is 0.156. The van der Waals surface area contributed by atoms with Crippen molar-refractivity contribution in [2.24, 2.45) is 7.05 Å². The first-order chi connectivity index (χ1) is 15.1. The third-order valence-electron chi connectivity index (χ3n) is 5.78. The number of fused-ring (bicyclic) bond motifs is 1. The largest absolute Gasteiger partial charge is 0.365 e. The molecule has 3 aromatic heterocycles. The first kappa shape index (κ1) is 19.6. The van der Waals surface area contributed by atoms with Crippen LogP contribution >= 0.6 is 11.6 Å². The number of benzene rings is 1. The number of aryl methyl sites for hydroxylation is 1. The van der Waals surface area contributed by atoms with E-state index in [1.807, 2.05) is 65.5 Å². The Kier molecular flexibility index (Phi) is 5.11. The molecule has 0 unspecified atom stereocenters. The summed E-state index contributed by atoms with van der Waals surface area (Å²) in [5, 5.41) is 9.49. The predicted molar refractivity (Wildman–Crippen MR) is 121 cm³/mol. The van der Waals surface area contributed by atoms with E-state index in [0.29, 0.717) is 24.5 Å². The monoisotopic (exact) mass is 434 g/mol. The molecule has 4 heterocycles. The molecular weight excluding hydrogens is 412 g/mol. The second-order valence-corrected chi connectivity index (χ2v) is 8.29. The zero-order chi connectivity index (χ0) is 21.4. The van der Waals surface area contributed by atoms with Gasteiger partial charge in [0.1, 0.15) is 0 Å². The zero-order valence-corrected chi connectivity index (χ0v) is 18.0. The average molecular weight is 435 g/mol. The fourth-order valence-electron chi connectivity index (χ4n) is 4.04. The van der Waals surface area contributed by atoms with Crippen LogP contribution in [-0.4, -0.2) is 56.4 Å². The summed E-state index contributed by atoms with van der Waals surface area (Å²) in [4.78, 5) is 16.9. The number of aromatic nitrogens is 4. The van der Waals surface area contributed by atoms with Gasteiger partial charge in [-0.3, -0.25) is 9.48 Å². The molecule has 7 nitrogen and oxygen atoms in total. The molecule has 0 aliphatic carbocycles. The van der Waals surface area contributed by atoms with Crippen molar-refractivity contribution < 1.29 is 4.79 Å². The van der Waals surface area contributed by atoms with E-state index in [1.54, 1.807) is 4.68 Å². The molecule has 0 bridgehead atoms. The summed E-state index contributed by atoms with van der Waals surface area (Å²) in [5.41, 5.74) is 5.29. The molecule has 0 spiro atoms. The van der Waals surface area contributed by atoms with E-state index in [-0.39, 0.29) is 5.91 Å². The van der Waals surface area contributed by atoms with Crippen LogP contribution in [0.4, 0.5) is 5.69 Å². The summed E-state index contributed by atoms with van der Waals surface area (Å²) in [5.74, 6) is 0.156. The molecule has 0 radical (unpaired) electrons. The highest BCUT2D eigenvalue weighted by molar-refractivity contribution is 6.30. The van der Waals surface area contributed by atoms with Gasteiger partial charge in [-0.1, -0.05) is 29.8 Å². The maximum absolute atomic E-state index is 12.7. The molecule has 0 atom stereocenters. The predicted octanol–water partition coefficient (Wildman–Crippen LogP) is 3.28. The molecule has 0 N–H and O–H groups in total. The topological polar surface area (TPSA) is 58.7 Å². The van der Waals surface area contributed by atoms with Gasteiger partial charge in [-0.25, -0.2) is 4.52 Å². The number of nitrogens with zero attached hydrogens (tertiary/aromatic N) is 6. The van der Waals surface area contributed by atoms with Crippen molar-refractivity contribution in [3.8, 4) is 11.1 Å². The van der Waals surface area contributed by atoms with Crippen molar-refractivity contribution in [1.82, 2.24) is 24.3 Å². The van der Waals surface area contributed by atoms with E-state index in [1.165, 1.54) is 0 Å². The van der Waals surface area contributed by atoms with Gasteiger partial charge in [0.15, 0.2) is 0 Å². The Bertz CT molecular complexity index is 1220. The molecule has 1 aliphatic rings. The lowest BCUT2D eigenvalue weighted by Crippen LogP contribution is -2.49. The Morgan fingerprint density at radius 1 is 0.935 bits per heavy atom. The van der Waals surface area contributed by atoms with Crippen LogP contribution in [0.3, 0.4) is 0 Å². The normalized spacial score (nSPS) is 14.4. The fraction of sp³-hybridized carbons (Fsp3) is 0.261. The Labute approximate surface area is 185 Å². The number of piperazine rings is 1. The van der Waals surface area contributed by atoms with E-state index < -0.39 is 0 Å². The number of anilines is 1. The Morgan fingerprint density at radius 3 is 2.42 bits per heavy atom. The molecule has 1 aliphatic heterocycles. The first-order valence-electron chi connectivity index (χ1n) is 10.3. The molecular formula is C23H23ClN6O. The number of pyridine rings is 1. The maximum Gasteiger partial charge on any atom is 0.227 e. The molecule has 1 aromatic carbocycles. The lowest BCUT2D eigenvalue weighted by Gasteiger charge is -2.35. The molecule has 5 rings (SSSR count). The van der Waals surface area contributed by atoms with Crippen LogP contribution in [0.25, 0.3) is 16.6 Å². The summed E-state index contributed by atoms with van der Waals surface area (Å²) in [7, 11) is 1.91. The lowest BCUT2D eigenvalue weighted by molar-refractivity contribution is -0.130. The van der Waals surface area contributed by atoms with Gasteiger partial charge < -0.3 is 9.80 Å². The summed E-state index contributed by atoms with van der Waals surface area (Å²) < 4.78 is 3.71. The highest BCUT2D eigenvalue weighted by Gasteiger charge is 2.23. The van der Waals surface area contributed by atoms with Crippen molar-refractivity contribution in [2.75, 3.05) is 31.1 Å². The van der Waals surface area contributed by atoms with Gasteiger partial charge in [0, 0.05) is 61.8 Å². The number of halogens is 1. The van der Waals surface area contributed by atoms with Gasteiger partial charge in [-0.15, -0.1) is 0 Å². The highest BCUT2D eigenvalue weighted by Crippen LogP contribution is 2.26. The van der Waals surface area contributed by atoms with E-state index in [0.717, 1.165) is 41.0 Å². The van der Waals surface area contributed by atoms with E-state index in [2.05, 4.69) is 27.2 Å². The molecule has 8 heteroatoms. The quantitative estimate of drug-likeness (QED) is 0.494. The Hall–Kier alpha value is -3.32. The highest BCUT2D eigenvalue weighted by atomic mass is 35.5. The van der Waals surface area contributed by atoms with E-state index >= 15 is 0 Å². The summed E-state index contributed by atoms with van der Waals surface area (Å²) in [6, 6.07) is 11.7. The van der Waals surface area contributed by atoms with Crippen LogP contribution in [0.5, 0.6) is 0 Å². The number of carbonyl (C=O) groups excluding carboxylic acids is 1. The minimum Gasteiger partial charge on any atom is -0.365 e. The number of hydrogen-bond acceptors (Lipinski definition) is 4. The van der Waals surface area contributed by atoms with Crippen molar-refractivity contribution >= 4 is 28.7 Å². The van der Waals surface area contributed by atoms with Gasteiger partial charge in [-0.05, 0) is 23.8 Å². The number of carbonyl (C=O) groups is 1. The third kappa shape index (κ3) is 4.01. The summed E-state index contributed by atoms with van der Waals surface area (Å²) in [6.07, 6.45) is 8.19. The van der Waals surface area contributed by atoms with Crippen LogP contribution in [0.2, 0.25) is 5.02 Å². The number of amides is 1. The van der Waals surface area contributed by atoms with Gasteiger partial charge in [0.05, 0.1) is 30.0 Å². The Morgan fingerprint density at radius 2 is 1.71 bits per heavy atom. The second-order valence-electron chi connectivity index (χ2n) is 7.85. The molecule has 0 saturated carbocycles. The summed E-state index contributed by atoms with van der Waals surface area (Å²) >= 11 is 5.93. The Balaban J connectivity index is 1.26. The van der Waals surface area contributed by atoms with E-state index in [9.17, 15) is 4.79 Å². The fourth-order valence-corrected chi connectivity index (χ4v) is 4.17. The van der Waals surface area contributed by atoms with Gasteiger partial charge >= 0.3 is 0 Å². The van der Waals surface area contributed by atoms with E-state index in [4.69, 9.17) is 11.6 Å². The number of rotatable bonds is 4. The van der Waals surface area contributed by atoms with Crippen molar-refractivity contribution in [3.05, 3.63) is 71.8 Å². The van der Waals surface area contributed by atoms with Crippen LogP contribution in [-0.2, 0) is 18.3 Å². The smallest absolute Gasteiger partial charge is 0.227 e. The molecule has 158 valence electrons. The SMILES string of the molecule is Cn1cc(-c2ccc3c(N4CCN(C(=O)Cc5ccc(Cl)cc5)CC4)cnn3c2)cn1. The third-order valence-corrected chi connectivity index (χ3v) is 6.03. The summed E-state index contributed by atoms with van der Waals surface area (Å²) in [6.45, 7) is 2.99. The molecule has 1 saturated heterocycles. The molecule has 1 fully saturated rings. The van der Waals surface area contributed by atoms with Crippen molar-refractivity contribution in [2.45, 2.75) is 6.42 Å². The molecule has 31 heavy (non-hydrogen) atoms. The van der Waals surface area contributed by atoms with Gasteiger partial charge in [-0.2, -0.15) is 10.2 Å². The van der Waals surface area contributed by atoms with Crippen molar-refractivity contribution in [3.63, 3.8) is 0 Å². The maximum atomic E-state index is 12.7. The van der Waals surface area contributed by atoms with Gasteiger partial charge in [0.25, 0.3) is 0 Å². The van der Waals surface area contributed by atoms with Crippen LogP contribution in [0.15, 0.2) is 61.2 Å². The van der Waals surface area contributed by atoms with Crippen LogP contribution < -0.4 is 4.90 Å². The van der Waals surface area contributed by atoms with Crippen molar-refractivity contribution in [1.29, 1.82) is 0 Å². The average Bonchev–Trinajstić information content (AvgIpc) is 3.41. The molecule has 4 aromatic rings. The second kappa shape index (κ2) is 8.07. The molecule has 1 amide bonds. The van der Waals surface area contributed by atoms with Crippen LogP contribution in [0.1, 0.15) is 5.56 Å². The van der Waals surface area contributed by atoms with Gasteiger partial charge in [0.2, 0.25) is 5.91 Å². The zero-order valence-electron chi connectivity index (χ0n) is 17.3. The lowest BCUT2D eigenvalue weighted by atomic mass is 10.1. The number of hydrogen-bond donors (Lipinski definition) is 0. The first-order valence-corrected chi connectivity index (χ1v) is 10.7. The minimum atomic E-state index is 0.156.